The molecule has 74 valence electrons. The molecule has 14 heavy (non-hydrogen) atoms. The number of aromatic carboxylic acids is 1. The van der Waals surface area contributed by atoms with Crippen LogP contribution in [0.4, 0.5) is 0 Å². The Morgan fingerprint density at radius 2 is 2.50 bits per heavy atom. The molecule has 0 aliphatic heterocycles. The van der Waals surface area contributed by atoms with Crippen molar-refractivity contribution in [3.05, 3.63) is 29.8 Å². The van der Waals surface area contributed by atoms with Crippen LogP contribution in [0.2, 0.25) is 0 Å². The molecule has 1 heterocycles. The van der Waals surface area contributed by atoms with E-state index in [1.807, 2.05) is 6.92 Å². The van der Waals surface area contributed by atoms with Gasteiger partial charge in [0.1, 0.15) is 0 Å². The summed E-state index contributed by atoms with van der Waals surface area (Å²) in [7, 11) is 0. The Kier molecular flexibility index (Phi) is 3.60. The number of carbonyl (C=O) groups is 1. The molecule has 1 N–H and O–H groups in total. The molecule has 1 aromatic rings. The second kappa shape index (κ2) is 4.96. The molecule has 0 atom stereocenters. The highest BCUT2D eigenvalue weighted by Crippen LogP contribution is 2.06. The van der Waals surface area contributed by atoms with Gasteiger partial charge in [-0.25, -0.2) is 4.79 Å². The first kappa shape index (κ1) is 10.2. The zero-order valence-electron chi connectivity index (χ0n) is 7.67. The van der Waals surface area contributed by atoms with Crippen molar-refractivity contribution in [2.45, 2.75) is 6.92 Å². The number of ether oxygens (including phenoxy) is 1. The van der Waals surface area contributed by atoms with Crippen molar-refractivity contribution in [2.24, 2.45) is 0 Å². The third-order valence-electron chi connectivity index (χ3n) is 1.47. The van der Waals surface area contributed by atoms with Crippen molar-refractivity contribution in [1.82, 2.24) is 10.2 Å². The lowest BCUT2D eigenvalue weighted by Crippen LogP contribution is -2.04. The van der Waals surface area contributed by atoms with Crippen LogP contribution in [0.25, 0.3) is 6.08 Å². The molecule has 5 nitrogen and oxygen atoms in total. The minimum absolute atomic E-state index is 0.0801. The fraction of sp³-hybridized carbons (Fsp3) is 0.222. The smallest absolute Gasteiger partial charge is 0.357 e. The van der Waals surface area contributed by atoms with E-state index in [2.05, 4.69) is 10.2 Å². The van der Waals surface area contributed by atoms with Gasteiger partial charge in [-0.2, -0.15) is 5.10 Å². The maximum Gasteiger partial charge on any atom is 0.357 e. The quantitative estimate of drug-likeness (QED) is 0.728. The number of hydrogen-bond acceptors (Lipinski definition) is 4. The van der Waals surface area contributed by atoms with Gasteiger partial charge in [-0.3, -0.25) is 0 Å². The summed E-state index contributed by atoms with van der Waals surface area (Å²) in [6.45, 7) is 2.38. The first-order chi connectivity index (χ1) is 6.75. The SMILES string of the molecule is CCOC=Cc1ccnnc1C(=O)O. The fourth-order valence-electron chi connectivity index (χ4n) is 0.860. The van der Waals surface area contributed by atoms with Crippen LogP contribution in [0.3, 0.4) is 0 Å². The molecule has 0 saturated carbocycles. The molecule has 0 aliphatic carbocycles. The van der Waals surface area contributed by atoms with Gasteiger partial charge < -0.3 is 9.84 Å². The molecule has 0 amide bonds. The van der Waals surface area contributed by atoms with Gasteiger partial charge in [-0.15, -0.1) is 5.10 Å². The summed E-state index contributed by atoms with van der Waals surface area (Å²) in [4.78, 5) is 10.7. The lowest BCUT2D eigenvalue weighted by molar-refractivity contribution is 0.0689. The molecule has 5 heteroatoms. The maximum absolute atomic E-state index is 10.7. The van der Waals surface area contributed by atoms with E-state index >= 15 is 0 Å². The Balaban J connectivity index is 2.90. The van der Waals surface area contributed by atoms with Crippen LogP contribution in [0.1, 0.15) is 23.0 Å². The molecule has 1 aromatic heterocycles. The fourth-order valence-corrected chi connectivity index (χ4v) is 0.860. The standard InChI is InChI=1S/C9H10N2O3/c1-2-14-6-4-7-3-5-10-11-8(7)9(12)13/h3-6H,2H2,1H3,(H,12,13). The number of nitrogens with zero attached hydrogens (tertiary/aromatic N) is 2. The van der Waals surface area contributed by atoms with Gasteiger partial charge in [-0.1, -0.05) is 0 Å². The molecule has 0 saturated heterocycles. The van der Waals surface area contributed by atoms with Crippen LogP contribution in [-0.4, -0.2) is 27.9 Å². The van der Waals surface area contributed by atoms with Crippen molar-refractivity contribution in [3.8, 4) is 0 Å². The average molecular weight is 194 g/mol. The molecule has 0 unspecified atom stereocenters. The summed E-state index contributed by atoms with van der Waals surface area (Å²) >= 11 is 0. The van der Waals surface area contributed by atoms with Crippen LogP contribution in [-0.2, 0) is 4.74 Å². The predicted octanol–water partition coefficient (Wildman–Crippen LogP) is 1.18. The normalized spacial score (nSPS) is 10.4. The average Bonchev–Trinajstić information content (AvgIpc) is 2.19. The van der Waals surface area contributed by atoms with Gasteiger partial charge in [0.2, 0.25) is 0 Å². The highest BCUT2D eigenvalue weighted by Gasteiger charge is 2.08. The minimum atomic E-state index is -1.10. The lowest BCUT2D eigenvalue weighted by atomic mass is 10.2. The van der Waals surface area contributed by atoms with E-state index in [-0.39, 0.29) is 5.69 Å². The Hall–Kier alpha value is -1.91. The number of rotatable bonds is 4. The van der Waals surface area contributed by atoms with E-state index in [0.29, 0.717) is 12.2 Å². The molecular formula is C9H10N2O3. The zero-order valence-corrected chi connectivity index (χ0v) is 7.67. The van der Waals surface area contributed by atoms with Crippen LogP contribution >= 0.6 is 0 Å². The van der Waals surface area contributed by atoms with Crippen molar-refractivity contribution in [2.75, 3.05) is 6.61 Å². The molecule has 0 aliphatic rings. The van der Waals surface area contributed by atoms with E-state index in [1.54, 1.807) is 12.1 Å². The summed E-state index contributed by atoms with van der Waals surface area (Å²) in [5.74, 6) is -1.10. The second-order valence-corrected chi connectivity index (χ2v) is 2.40. The second-order valence-electron chi connectivity index (χ2n) is 2.40. The number of carboxylic acids is 1. The van der Waals surface area contributed by atoms with Crippen molar-refractivity contribution >= 4 is 12.0 Å². The third kappa shape index (κ3) is 2.55. The van der Waals surface area contributed by atoms with Gasteiger partial charge in [0.05, 0.1) is 19.1 Å². The summed E-state index contributed by atoms with van der Waals surface area (Å²) < 4.78 is 4.95. The minimum Gasteiger partial charge on any atom is -0.501 e. The molecule has 0 bridgehead atoms. The third-order valence-corrected chi connectivity index (χ3v) is 1.47. The summed E-state index contributed by atoms with van der Waals surface area (Å²) in [5, 5.41) is 15.7. The van der Waals surface area contributed by atoms with Gasteiger partial charge in [0.15, 0.2) is 5.69 Å². The van der Waals surface area contributed by atoms with Gasteiger partial charge in [-0.05, 0) is 19.1 Å². The Labute approximate surface area is 81.0 Å². The first-order valence-electron chi connectivity index (χ1n) is 4.09. The van der Waals surface area contributed by atoms with E-state index in [9.17, 15) is 4.79 Å². The lowest BCUT2D eigenvalue weighted by Gasteiger charge is -1.97. The highest BCUT2D eigenvalue weighted by atomic mass is 16.5. The zero-order chi connectivity index (χ0) is 10.4. The van der Waals surface area contributed by atoms with E-state index in [4.69, 9.17) is 9.84 Å². The topological polar surface area (TPSA) is 72.3 Å². The molecule has 0 fully saturated rings. The molecule has 0 aromatic carbocycles. The largest absolute Gasteiger partial charge is 0.501 e. The van der Waals surface area contributed by atoms with Crippen LogP contribution in [0, 0.1) is 0 Å². The van der Waals surface area contributed by atoms with Crippen LogP contribution in [0.15, 0.2) is 18.5 Å². The number of aromatic nitrogens is 2. The molecule has 0 spiro atoms. The van der Waals surface area contributed by atoms with Crippen molar-refractivity contribution in [3.63, 3.8) is 0 Å². The highest BCUT2D eigenvalue weighted by molar-refractivity contribution is 5.89. The summed E-state index contributed by atoms with van der Waals surface area (Å²) in [5.41, 5.74) is 0.393. The van der Waals surface area contributed by atoms with Crippen LogP contribution < -0.4 is 0 Å². The first-order valence-corrected chi connectivity index (χ1v) is 4.09. The Bertz CT molecular complexity index is 350. The van der Waals surface area contributed by atoms with E-state index in [1.165, 1.54) is 12.5 Å². The van der Waals surface area contributed by atoms with Crippen LogP contribution in [0.5, 0.6) is 0 Å². The number of carboxylic acid groups (broad SMARTS) is 1. The Morgan fingerprint density at radius 1 is 1.71 bits per heavy atom. The molecular weight excluding hydrogens is 184 g/mol. The van der Waals surface area contributed by atoms with Crippen molar-refractivity contribution < 1.29 is 14.6 Å². The number of hydrogen-bond donors (Lipinski definition) is 1. The molecule has 0 radical (unpaired) electrons. The summed E-state index contributed by atoms with van der Waals surface area (Å²) in [6.07, 6.45) is 4.41. The molecule has 1 rings (SSSR count). The van der Waals surface area contributed by atoms with Crippen molar-refractivity contribution in [1.29, 1.82) is 0 Å². The van der Waals surface area contributed by atoms with Gasteiger partial charge in [0.25, 0.3) is 0 Å². The maximum atomic E-state index is 10.7. The Morgan fingerprint density at radius 3 is 3.14 bits per heavy atom. The monoisotopic (exact) mass is 194 g/mol. The van der Waals surface area contributed by atoms with Gasteiger partial charge >= 0.3 is 5.97 Å². The van der Waals surface area contributed by atoms with Gasteiger partial charge in [0, 0.05) is 5.56 Å². The predicted molar refractivity (Wildman–Crippen MR) is 49.7 cm³/mol. The summed E-state index contributed by atoms with van der Waals surface area (Å²) in [6, 6.07) is 1.56. The van der Waals surface area contributed by atoms with E-state index in [0.717, 1.165) is 0 Å². The van der Waals surface area contributed by atoms with E-state index < -0.39 is 5.97 Å².